The van der Waals surface area contributed by atoms with Gasteiger partial charge in [-0.2, -0.15) is 0 Å². The summed E-state index contributed by atoms with van der Waals surface area (Å²) >= 11 is 0. The van der Waals surface area contributed by atoms with Crippen molar-refractivity contribution in [2.24, 2.45) is 0 Å². The van der Waals surface area contributed by atoms with Gasteiger partial charge in [0, 0.05) is 29.2 Å². The first kappa shape index (κ1) is 13.6. The minimum Gasteiger partial charge on any atom is -0.508 e. The number of benzene rings is 2. The summed E-state index contributed by atoms with van der Waals surface area (Å²) in [5, 5.41) is 9.40. The second-order valence-corrected chi connectivity index (χ2v) is 5.42. The Morgan fingerprint density at radius 2 is 1.67 bits per heavy atom. The largest absolute Gasteiger partial charge is 0.524 e. The topological polar surface area (TPSA) is 123 Å². The van der Waals surface area contributed by atoms with E-state index in [2.05, 4.69) is 4.52 Å². The monoisotopic (exact) mass is 310 g/mol. The zero-order valence-electron chi connectivity index (χ0n) is 10.3. The van der Waals surface area contributed by atoms with Gasteiger partial charge in [-0.15, -0.1) is 0 Å². The molecule has 0 radical (unpaired) electrons. The van der Waals surface area contributed by atoms with Gasteiger partial charge >= 0.3 is 18.9 Å². The van der Waals surface area contributed by atoms with E-state index in [1.807, 2.05) is 0 Å². The van der Waals surface area contributed by atoms with Crippen LogP contribution in [0.3, 0.4) is 0 Å². The Morgan fingerprint density at radius 3 is 2.33 bits per heavy atom. The minimum atomic E-state index is -4.70. The van der Waals surface area contributed by atoms with E-state index in [0.717, 1.165) is 0 Å². The highest BCUT2D eigenvalue weighted by Crippen LogP contribution is 2.38. The quantitative estimate of drug-likeness (QED) is 0.374. The van der Waals surface area contributed by atoms with Crippen LogP contribution in [-0.4, -0.2) is 14.9 Å². The summed E-state index contributed by atoms with van der Waals surface area (Å²) in [7, 11) is -4.70. The highest BCUT2D eigenvalue weighted by Gasteiger charge is 2.20. The lowest BCUT2D eigenvalue weighted by molar-refractivity contribution is -0.433. The maximum absolute atomic E-state index is 12.2. The predicted octanol–water partition coefficient (Wildman–Crippen LogP) is 1.68. The molecule has 3 rings (SSSR count). The lowest BCUT2D eigenvalue weighted by Gasteiger charge is -2.05. The SMILES string of the molecule is O=[n+]1c2ccc(O)cc2oc2cc(OP(=O)(O)O)ccc21. The van der Waals surface area contributed by atoms with Crippen molar-refractivity contribution in [3.8, 4) is 11.5 Å². The summed E-state index contributed by atoms with van der Waals surface area (Å²) in [5.74, 6) is -0.215. The van der Waals surface area contributed by atoms with Gasteiger partial charge in [-0.25, -0.2) is 4.57 Å². The number of aromatic nitrogens is 1. The van der Waals surface area contributed by atoms with Crippen LogP contribution in [0.25, 0.3) is 22.2 Å². The smallest absolute Gasteiger partial charge is 0.508 e. The van der Waals surface area contributed by atoms with Crippen LogP contribution in [0.4, 0.5) is 0 Å². The highest BCUT2D eigenvalue weighted by molar-refractivity contribution is 7.46. The molecule has 0 fully saturated rings. The number of phenolic OH excluding ortho intramolecular Hbond substituents is 1. The average molecular weight is 310 g/mol. The molecule has 1 heterocycles. The van der Waals surface area contributed by atoms with E-state index >= 15 is 0 Å². The summed E-state index contributed by atoms with van der Waals surface area (Å²) < 4.78 is 21.3. The molecule has 3 N–H and O–H groups in total. The summed E-state index contributed by atoms with van der Waals surface area (Å²) in [5.41, 5.74) is 0.565. The number of phosphoric acid groups is 1. The van der Waals surface area contributed by atoms with Crippen LogP contribution in [0.15, 0.2) is 40.8 Å². The fourth-order valence-corrected chi connectivity index (χ4v) is 2.33. The lowest BCUT2D eigenvalue weighted by Crippen LogP contribution is -2.15. The van der Waals surface area contributed by atoms with Crippen LogP contribution in [0.2, 0.25) is 0 Å². The number of hydrogen-bond acceptors (Lipinski definition) is 5. The Labute approximate surface area is 116 Å². The number of phenols is 1. The molecule has 1 aromatic heterocycles. The number of aromatic hydroxyl groups is 1. The normalized spacial score (nSPS) is 11.9. The van der Waals surface area contributed by atoms with E-state index in [0.29, 0.717) is 4.43 Å². The Hall–Kier alpha value is -2.41. The second kappa shape index (κ2) is 4.56. The molecule has 21 heavy (non-hydrogen) atoms. The van der Waals surface area contributed by atoms with Crippen LogP contribution in [0.1, 0.15) is 0 Å². The summed E-state index contributed by atoms with van der Waals surface area (Å²) in [6.07, 6.45) is 0. The zero-order valence-corrected chi connectivity index (χ0v) is 11.2. The molecule has 0 atom stereocenters. The molecule has 0 aliphatic rings. The predicted molar refractivity (Wildman–Crippen MR) is 71.4 cm³/mol. The molecular formula is C12H9NO7P+. The molecule has 8 nitrogen and oxygen atoms in total. The average Bonchev–Trinajstić information content (AvgIpc) is 2.36. The van der Waals surface area contributed by atoms with Gasteiger partial charge in [0.25, 0.3) is 0 Å². The van der Waals surface area contributed by atoms with Crippen molar-refractivity contribution in [2.45, 2.75) is 0 Å². The molecule has 2 aromatic carbocycles. The number of rotatable bonds is 2. The minimum absolute atomic E-state index is 0.0639. The van der Waals surface area contributed by atoms with Gasteiger partial charge < -0.3 is 14.0 Å². The van der Waals surface area contributed by atoms with E-state index in [1.165, 1.54) is 36.4 Å². The Morgan fingerprint density at radius 1 is 1.05 bits per heavy atom. The Balaban J connectivity index is 2.28. The second-order valence-electron chi connectivity index (χ2n) is 4.26. The van der Waals surface area contributed by atoms with E-state index < -0.39 is 7.82 Å². The van der Waals surface area contributed by atoms with Crippen LogP contribution in [0, 0.1) is 4.91 Å². The van der Waals surface area contributed by atoms with Crippen molar-refractivity contribution >= 4 is 30.0 Å². The molecule has 0 spiro atoms. The van der Waals surface area contributed by atoms with Gasteiger partial charge in [0.1, 0.15) is 11.5 Å². The zero-order chi connectivity index (χ0) is 15.2. The number of phosphoric ester groups is 1. The number of nitrogens with zero attached hydrogens (tertiary/aromatic N) is 1. The van der Waals surface area contributed by atoms with Crippen LogP contribution in [-0.2, 0) is 4.57 Å². The van der Waals surface area contributed by atoms with Gasteiger partial charge in [-0.1, -0.05) is 0 Å². The first-order valence-electron chi connectivity index (χ1n) is 5.71. The molecule has 108 valence electrons. The van der Waals surface area contributed by atoms with Crippen molar-refractivity contribution in [3.05, 3.63) is 41.3 Å². The van der Waals surface area contributed by atoms with Crippen molar-refractivity contribution < 1.29 is 32.8 Å². The molecule has 9 heteroatoms. The third kappa shape index (κ3) is 2.59. The van der Waals surface area contributed by atoms with Gasteiger partial charge in [-0.3, -0.25) is 9.79 Å². The third-order valence-corrected chi connectivity index (χ3v) is 3.21. The van der Waals surface area contributed by atoms with Crippen molar-refractivity contribution in [3.63, 3.8) is 0 Å². The van der Waals surface area contributed by atoms with Crippen LogP contribution < -0.4 is 8.95 Å². The van der Waals surface area contributed by atoms with Gasteiger partial charge in [-0.05, 0) is 12.1 Å². The van der Waals surface area contributed by atoms with Gasteiger partial charge in [0.15, 0.2) is 0 Å². The summed E-state index contributed by atoms with van der Waals surface area (Å²) in [6.45, 7) is 0. The van der Waals surface area contributed by atoms with Crippen molar-refractivity contribution in [1.29, 1.82) is 0 Å². The fourth-order valence-electron chi connectivity index (χ4n) is 1.94. The lowest BCUT2D eigenvalue weighted by atomic mass is 10.2. The maximum atomic E-state index is 12.2. The molecular weight excluding hydrogens is 301 g/mol. The maximum Gasteiger partial charge on any atom is 0.524 e. The van der Waals surface area contributed by atoms with Gasteiger partial charge in [0.05, 0.1) is 4.43 Å². The molecule has 0 aliphatic carbocycles. The summed E-state index contributed by atoms with van der Waals surface area (Å²) in [4.78, 5) is 29.7. The van der Waals surface area contributed by atoms with Crippen LogP contribution in [0.5, 0.6) is 11.5 Å². The van der Waals surface area contributed by atoms with Gasteiger partial charge in [0.2, 0.25) is 11.2 Å². The van der Waals surface area contributed by atoms with E-state index in [4.69, 9.17) is 14.2 Å². The summed E-state index contributed by atoms with van der Waals surface area (Å²) in [6, 6.07) is 7.77. The van der Waals surface area contributed by atoms with Crippen molar-refractivity contribution in [2.75, 3.05) is 0 Å². The molecule has 3 aromatic rings. The first-order valence-corrected chi connectivity index (χ1v) is 7.24. The molecule has 0 saturated carbocycles. The highest BCUT2D eigenvalue weighted by atomic mass is 31.2. The standard InChI is InChI=1S/C12H8NO7P/c14-7-1-3-9-11(5-7)19-12-6-8(20-21(16,17)18)2-4-10(12)13(9)15/h1-6H,(H2-,14,15,16,17,18)/p+1. The fraction of sp³-hybridized carbons (Fsp3) is 0. The molecule has 0 aliphatic heterocycles. The molecule has 0 unspecified atom stereocenters. The van der Waals surface area contributed by atoms with Crippen molar-refractivity contribution in [1.82, 2.24) is 0 Å². The van der Waals surface area contributed by atoms with Crippen LogP contribution >= 0.6 is 7.82 Å². The molecule has 0 saturated heterocycles. The number of fused-ring (bicyclic) bond motifs is 2. The number of hydrogen-bond donors (Lipinski definition) is 3. The molecule has 0 amide bonds. The Kier molecular flexibility index (Phi) is 2.94. The van der Waals surface area contributed by atoms with E-state index in [9.17, 15) is 14.6 Å². The van der Waals surface area contributed by atoms with E-state index in [1.54, 1.807) is 0 Å². The Bertz CT molecular complexity index is 959. The van der Waals surface area contributed by atoms with E-state index in [-0.39, 0.29) is 33.7 Å². The first-order chi connectivity index (χ1) is 9.83. The molecule has 0 bridgehead atoms. The third-order valence-electron chi connectivity index (χ3n) is 2.76.